The molecule has 1 aromatic carbocycles. The zero-order chi connectivity index (χ0) is 17.4. The van der Waals surface area contributed by atoms with Gasteiger partial charge in [0.05, 0.1) is 6.04 Å². The van der Waals surface area contributed by atoms with Gasteiger partial charge in [-0.2, -0.15) is 0 Å². The van der Waals surface area contributed by atoms with Gasteiger partial charge in [0.2, 0.25) is 0 Å². The molecular formula is C17H25BFNO3. The largest absolute Gasteiger partial charge is 0.444 e. The van der Waals surface area contributed by atoms with Crippen LogP contribution in [0.25, 0.3) is 0 Å². The Labute approximate surface area is 138 Å². The molecule has 2 rings (SSSR count). The van der Waals surface area contributed by atoms with E-state index in [1.807, 2.05) is 32.1 Å². The molecule has 0 N–H and O–H groups in total. The van der Waals surface area contributed by atoms with Gasteiger partial charge in [0, 0.05) is 0 Å². The van der Waals surface area contributed by atoms with E-state index < -0.39 is 36.2 Å². The predicted octanol–water partition coefficient (Wildman–Crippen LogP) is 2.33. The highest BCUT2D eigenvalue weighted by Gasteiger charge is 2.51. The number of carbonyl (C=O) groups excluding carboxylic acids is 1. The summed E-state index contributed by atoms with van der Waals surface area (Å²) in [6.45, 7) is 8.19. The van der Waals surface area contributed by atoms with Gasteiger partial charge in [0.25, 0.3) is 0 Å². The van der Waals surface area contributed by atoms with Gasteiger partial charge in [-0.05, 0) is 40.2 Å². The first-order chi connectivity index (χ1) is 10.5. The first kappa shape index (κ1) is 17.8. The maximum atomic E-state index is 13.8. The molecule has 126 valence electrons. The van der Waals surface area contributed by atoms with Crippen molar-refractivity contribution in [3.8, 4) is 0 Å². The Kier molecular flexibility index (Phi) is 4.76. The molecule has 0 spiro atoms. The van der Waals surface area contributed by atoms with Crippen molar-refractivity contribution >= 4 is 19.4 Å². The summed E-state index contributed by atoms with van der Waals surface area (Å²) in [5.41, 5.74) is 0.397. The standard InChI is InChI=1S/C17H25BFNO3/c1-16(2,3)23-15(21)20-13(10-19)14(22-17(20,4)5)11-6-8-12(18)9-7-11/h6-9,13-14H,10,18H2,1-5H3/t13-,14+/m0/s1. The number of rotatable bonds is 2. The zero-order valence-electron chi connectivity index (χ0n) is 14.7. The SMILES string of the molecule is Bc1ccc([C@H]2OC(C)(C)N(C(=O)OC(C)(C)C)[C@H]2CF)cc1. The maximum absolute atomic E-state index is 13.8. The summed E-state index contributed by atoms with van der Waals surface area (Å²) < 4.78 is 25.2. The molecule has 0 aromatic heterocycles. The van der Waals surface area contributed by atoms with Crippen molar-refractivity contribution in [2.75, 3.05) is 6.67 Å². The van der Waals surface area contributed by atoms with Crippen LogP contribution in [0.1, 0.15) is 46.3 Å². The van der Waals surface area contributed by atoms with Crippen LogP contribution in [0.4, 0.5) is 9.18 Å². The fourth-order valence-electron chi connectivity index (χ4n) is 2.84. The zero-order valence-corrected chi connectivity index (χ0v) is 14.7. The van der Waals surface area contributed by atoms with Crippen molar-refractivity contribution in [3.63, 3.8) is 0 Å². The summed E-state index contributed by atoms with van der Waals surface area (Å²) in [7, 11) is 1.99. The quantitative estimate of drug-likeness (QED) is 0.785. The predicted molar refractivity (Wildman–Crippen MR) is 90.4 cm³/mol. The van der Waals surface area contributed by atoms with Crippen LogP contribution in [-0.2, 0) is 9.47 Å². The van der Waals surface area contributed by atoms with Crippen LogP contribution in [0.2, 0.25) is 0 Å². The molecule has 0 unspecified atom stereocenters. The summed E-state index contributed by atoms with van der Waals surface area (Å²) >= 11 is 0. The van der Waals surface area contributed by atoms with Gasteiger partial charge in [0.1, 0.15) is 32.0 Å². The molecule has 0 radical (unpaired) electrons. The third kappa shape index (κ3) is 3.86. The first-order valence-corrected chi connectivity index (χ1v) is 7.88. The summed E-state index contributed by atoms with van der Waals surface area (Å²) in [6, 6.07) is 7.03. The second-order valence-electron chi connectivity index (χ2n) is 7.47. The van der Waals surface area contributed by atoms with Crippen molar-refractivity contribution in [1.82, 2.24) is 4.90 Å². The highest BCUT2D eigenvalue weighted by molar-refractivity contribution is 6.32. The smallest absolute Gasteiger partial charge is 0.413 e. The highest BCUT2D eigenvalue weighted by Crippen LogP contribution is 2.41. The Morgan fingerprint density at radius 1 is 1.35 bits per heavy atom. The molecule has 0 saturated carbocycles. The van der Waals surface area contributed by atoms with Crippen LogP contribution >= 0.6 is 0 Å². The minimum atomic E-state index is -0.936. The second kappa shape index (κ2) is 6.15. The lowest BCUT2D eigenvalue weighted by atomic mass is 9.93. The van der Waals surface area contributed by atoms with E-state index in [1.165, 1.54) is 4.90 Å². The van der Waals surface area contributed by atoms with E-state index in [2.05, 4.69) is 0 Å². The monoisotopic (exact) mass is 321 g/mol. The average molecular weight is 321 g/mol. The van der Waals surface area contributed by atoms with Crippen molar-refractivity contribution in [1.29, 1.82) is 0 Å². The molecule has 4 nitrogen and oxygen atoms in total. The number of hydrogen-bond donors (Lipinski definition) is 0. The molecular weight excluding hydrogens is 296 g/mol. The number of alkyl halides is 1. The molecule has 1 fully saturated rings. The molecule has 2 atom stereocenters. The molecule has 6 heteroatoms. The maximum Gasteiger partial charge on any atom is 0.413 e. The summed E-state index contributed by atoms with van der Waals surface area (Å²) in [5.74, 6) is 0. The summed E-state index contributed by atoms with van der Waals surface area (Å²) in [6.07, 6.45) is -1.07. The molecule has 1 aromatic rings. The normalized spacial score (nSPS) is 23.8. The van der Waals surface area contributed by atoms with E-state index in [-0.39, 0.29) is 0 Å². The Morgan fingerprint density at radius 3 is 2.39 bits per heavy atom. The van der Waals surface area contributed by atoms with E-state index >= 15 is 0 Å². The number of halogens is 1. The Morgan fingerprint density at radius 2 is 1.91 bits per heavy atom. The molecule has 0 bridgehead atoms. The lowest BCUT2D eigenvalue weighted by molar-refractivity contribution is -0.0797. The molecule has 0 aliphatic carbocycles. The first-order valence-electron chi connectivity index (χ1n) is 7.88. The third-order valence-electron chi connectivity index (χ3n) is 3.83. The van der Waals surface area contributed by atoms with Gasteiger partial charge in [-0.15, -0.1) is 0 Å². The fourth-order valence-corrected chi connectivity index (χ4v) is 2.84. The van der Waals surface area contributed by atoms with Crippen LogP contribution in [-0.4, -0.2) is 42.9 Å². The van der Waals surface area contributed by atoms with E-state index in [0.29, 0.717) is 0 Å². The van der Waals surface area contributed by atoms with Gasteiger partial charge in [0.15, 0.2) is 0 Å². The third-order valence-corrected chi connectivity index (χ3v) is 3.83. The minimum absolute atomic E-state index is 0.511. The van der Waals surface area contributed by atoms with E-state index in [0.717, 1.165) is 11.0 Å². The summed E-state index contributed by atoms with van der Waals surface area (Å²) in [5, 5.41) is 0. The fraction of sp³-hybridized carbons (Fsp3) is 0.588. The van der Waals surface area contributed by atoms with Crippen molar-refractivity contribution in [2.45, 2.75) is 58.1 Å². The number of benzene rings is 1. The van der Waals surface area contributed by atoms with Gasteiger partial charge >= 0.3 is 6.09 Å². The topological polar surface area (TPSA) is 38.8 Å². The lowest BCUT2D eigenvalue weighted by Gasteiger charge is -2.34. The van der Waals surface area contributed by atoms with Crippen LogP contribution < -0.4 is 5.46 Å². The minimum Gasteiger partial charge on any atom is -0.444 e. The molecule has 1 saturated heterocycles. The van der Waals surface area contributed by atoms with E-state index in [4.69, 9.17) is 9.47 Å². The number of hydrogen-bond acceptors (Lipinski definition) is 3. The van der Waals surface area contributed by atoms with Crippen LogP contribution in [0.3, 0.4) is 0 Å². The number of amides is 1. The van der Waals surface area contributed by atoms with Gasteiger partial charge < -0.3 is 9.47 Å². The molecule has 23 heavy (non-hydrogen) atoms. The molecule has 1 heterocycles. The Hall–Kier alpha value is -1.56. The van der Waals surface area contributed by atoms with Gasteiger partial charge in [-0.25, -0.2) is 9.18 Å². The summed E-state index contributed by atoms with van der Waals surface area (Å²) in [4.78, 5) is 13.9. The van der Waals surface area contributed by atoms with Crippen LogP contribution in [0.5, 0.6) is 0 Å². The van der Waals surface area contributed by atoms with Crippen LogP contribution in [0.15, 0.2) is 24.3 Å². The Bertz CT molecular complexity index is 568. The van der Waals surface area contributed by atoms with Crippen molar-refractivity contribution < 1.29 is 18.7 Å². The number of ether oxygens (including phenoxy) is 2. The van der Waals surface area contributed by atoms with Gasteiger partial charge in [-0.3, -0.25) is 4.90 Å². The molecule has 1 aliphatic rings. The Balaban J connectivity index is 2.32. The van der Waals surface area contributed by atoms with E-state index in [1.54, 1.807) is 34.6 Å². The van der Waals surface area contributed by atoms with Crippen LogP contribution in [0, 0.1) is 0 Å². The molecule has 1 aliphatic heterocycles. The van der Waals surface area contributed by atoms with Crippen molar-refractivity contribution in [3.05, 3.63) is 29.8 Å². The van der Waals surface area contributed by atoms with E-state index in [9.17, 15) is 9.18 Å². The van der Waals surface area contributed by atoms with Crippen molar-refractivity contribution in [2.24, 2.45) is 0 Å². The molecule has 1 amide bonds. The highest BCUT2D eigenvalue weighted by atomic mass is 19.1. The van der Waals surface area contributed by atoms with Gasteiger partial charge in [-0.1, -0.05) is 29.7 Å². The average Bonchev–Trinajstić information content (AvgIpc) is 2.68. The second-order valence-corrected chi connectivity index (χ2v) is 7.47. The lowest BCUT2D eigenvalue weighted by Crippen LogP contribution is -2.50. The number of nitrogens with zero attached hydrogens (tertiary/aromatic N) is 1. The number of carbonyl (C=O) groups is 1.